The van der Waals surface area contributed by atoms with Crippen LogP contribution in [0, 0.1) is 6.92 Å². The van der Waals surface area contributed by atoms with Crippen LogP contribution in [0.5, 0.6) is 0 Å². The summed E-state index contributed by atoms with van der Waals surface area (Å²) in [6.07, 6.45) is 6.16. The molecule has 8 nitrogen and oxygen atoms in total. The molecule has 0 spiro atoms. The second-order valence-corrected chi connectivity index (χ2v) is 12.3. The maximum Gasteiger partial charge on any atom is 0.243 e. The molecule has 1 unspecified atom stereocenters. The highest BCUT2D eigenvalue weighted by molar-refractivity contribution is 7.89. The Morgan fingerprint density at radius 2 is 1.86 bits per heavy atom. The van der Waals surface area contributed by atoms with E-state index in [4.69, 9.17) is 0 Å². The van der Waals surface area contributed by atoms with Crippen molar-refractivity contribution in [1.82, 2.24) is 20.3 Å². The van der Waals surface area contributed by atoms with Crippen LogP contribution in [0.4, 0.5) is 0 Å². The molecule has 2 amide bonds. The van der Waals surface area contributed by atoms with Crippen molar-refractivity contribution < 1.29 is 18.0 Å². The molecule has 2 heterocycles. The highest BCUT2D eigenvalue weighted by Gasteiger charge is 2.40. The fourth-order valence-corrected chi connectivity index (χ4v) is 7.38. The summed E-state index contributed by atoms with van der Waals surface area (Å²) in [4.78, 5) is 26.1. The van der Waals surface area contributed by atoms with Gasteiger partial charge in [-0.1, -0.05) is 42.3 Å². The summed E-state index contributed by atoms with van der Waals surface area (Å²) >= 11 is 0. The third-order valence-electron chi connectivity index (χ3n) is 7.82. The van der Waals surface area contributed by atoms with Gasteiger partial charge in [0.25, 0.3) is 0 Å². The number of amides is 2. The molecule has 37 heavy (non-hydrogen) atoms. The minimum Gasteiger partial charge on any atom is -0.353 e. The number of hydrogen-bond acceptors (Lipinski definition) is 5. The zero-order valence-corrected chi connectivity index (χ0v) is 22.1. The third kappa shape index (κ3) is 5.58. The lowest BCUT2D eigenvalue weighted by molar-refractivity contribution is -0.132. The molecular formula is C28H36N4O4S. The number of benzene rings is 2. The summed E-state index contributed by atoms with van der Waals surface area (Å²) in [7, 11) is -3.92. The molecule has 2 aliphatic heterocycles. The molecule has 1 aliphatic carbocycles. The van der Waals surface area contributed by atoms with Crippen molar-refractivity contribution in [2.24, 2.45) is 0 Å². The Balaban J connectivity index is 1.30. The molecule has 5 rings (SSSR count). The van der Waals surface area contributed by atoms with Crippen molar-refractivity contribution in [2.75, 3.05) is 19.6 Å². The van der Waals surface area contributed by atoms with Gasteiger partial charge >= 0.3 is 0 Å². The second-order valence-electron chi connectivity index (χ2n) is 10.4. The van der Waals surface area contributed by atoms with Crippen molar-refractivity contribution in [2.45, 2.75) is 74.9 Å². The van der Waals surface area contributed by atoms with Gasteiger partial charge in [-0.3, -0.25) is 9.59 Å². The number of nitrogens with one attached hydrogen (secondary N) is 3. The van der Waals surface area contributed by atoms with Crippen molar-refractivity contribution in [3.05, 3.63) is 64.7 Å². The first-order valence-corrected chi connectivity index (χ1v) is 14.8. The highest BCUT2D eigenvalue weighted by atomic mass is 32.2. The van der Waals surface area contributed by atoms with E-state index in [-0.39, 0.29) is 36.4 Å². The molecule has 3 N–H and O–H groups in total. The normalized spacial score (nSPS) is 24.7. The van der Waals surface area contributed by atoms with Crippen molar-refractivity contribution in [3.63, 3.8) is 0 Å². The molecule has 198 valence electrons. The topological polar surface area (TPSA) is 108 Å². The molecule has 2 saturated heterocycles. The number of aryl methyl sites for hydroxylation is 2. The van der Waals surface area contributed by atoms with Gasteiger partial charge in [0.2, 0.25) is 21.8 Å². The van der Waals surface area contributed by atoms with Gasteiger partial charge in [0.05, 0.1) is 17.4 Å². The highest BCUT2D eigenvalue weighted by Crippen LogP contribution is 2.33. The van der Waals surface area contributed by atoms with Crippen molar-refractivity contribution in [3.8, 4) is 0 Å². The van der Waals surface area contributed by atoms with Crippen molar-refractivity contribution >= 4 is 21.8 Å². The van der Waals surface area contributed by atoms with E-state index >= 15 is 0 Å². The fourth-order valence-electron chi connectivity index (χ4n) is 5.79. The Morgan fingerprint density at radius 3 is 2.62 bits per heavy atom. The number of sulfonamides is 1. The molecule has 0 aromatic heterocycles. The van der Waals surface area contributed by atoms with Gasteiger partial charge in [-0.25, -0.2) is 8.42 Å². The minimum absolute atomic E-state index is 0.127. The van der Waals surface area contributed by atoms with Gasteiger partial charge in [0.15, 0.2) is 0 Å². The number of hydrogen-bond donors (Lipinski definition) is 3. The van der Waals surface area contributed by atoms with Crippen LogP contribution >= 0.6 is 0 Å². The van der Waals surface area contributed by atoms with Gasteiger partial charge in [-0.15, -0.1) is 0 Å². The van der Waals surface area contributed by atoms with Gasteiger partial charge in [0, 0.05) is 19.1 Å². The number of rotatable bonds is 6. The van der Waals surface area contributed by atoms with Crippen LogP contribution in [0.25, 0.3) is 0 Å². The number of piperazine rings is 1. The molecule has 0 bridgehead atoms. The average molecular weight is 525 g/mol. The minimum atomic E-state index is -3.92. The largest absolute Gasteiger partial charge is 0.353 e. The Labute approximate surface area is 219 Å². The molecule has 9 heteroatoms. The molecule has 0 radical (unpaired) electrons. The van der Waals surface area contributed by atoms with Crippen LogP contribution in [0.3, 0.4) is 0 Å². The zero-order valence-electron chi connectivity index (χ0n) is 21.3. The number of carbonyl (C=O) groups is 2. The van der Waals surface area contributed by atoms with Crippen LogP contribution in [0.1, 0.15) is 72.9 Å². The smallest absolute Gasteiger partial charge is 0.243 e. The van der Waals surface area contributed by atoms with E-state index in [2.05, 4.69) is 34.1 Å². The van der Waals surface area contributed by atoms with Gasteiger partial charge in [0.1, 0.15) is 6.04 Å². The van der Waals surface area contributed by atoms with E-state index < -0.39 is 22.0 Å². The quantitative estimate of drug-likeness (QED) is 0.539. The maximum atomic E-state index is 13.4. The van der Waals surface area contributed by atoms with Crippen molar-refractivity contribution in [1.29, 1.82) is 0 Å². The van der Waals surface area contributed by atoms with Crippen LogP contribution < -0.4 is 16.0 Å². The van der Waals surface area contributed by atoms with E-state index in [1.165, 1.54) is 28.3 Å². The Kier molecular flexibility index (Phi) is 7.65. The Bertz CT molecular complexity index is 1260. The summed E-state index contributed by atoms with van der Waals surface area (Å²) in [5, 5.41) is 9.44. The van der Waals surface area contributed by atoms with E-state index in [0.29, 0.717) is 6.04 Å². The lowest BCUT2D eigenvalue weighted by Gasteiger charge is -2.34. The first kappa shape index (κ1) is 25.9. The van der Waals surface area contributed by atoms with Crippen LogP contribution in [-0.2, 0) is 26.0 Å². The van der Waals surface area contributed by atoms with Gasteiger partial charge < -0.3 is 16.0 Å². The van der Waals surface area contributed by atoms with Crippen LogP contribution in [0.15, 0.2) is 47.4 Å². The van der Waals surface area contributed by atoms with E-state index in [1.54, 1.807) is 24.3 Å². The lowest BCUT2D eigenvalue weighted by atomic mass is 9.84. The lowest BCUT2D eigenvalue weighted by Crippen LogP contribution is -2.58. The molecule has 3 atom stereocenters. The van der Waals surface area contributed by atoms with E-state index in [9.17, 15) is 18.0 Å². The number of piperidine rings is 1. The molecule has 2 fully saturated rings. The number of nitrogens with zero attached hydrogens (tertiary/aromatic N) is 1. The molecule has 0 saturated carbocycles. The summed E-state index contributed by atoms with van der Waals surface area (Å²) in [5.41, 5.74) is 4.64. The van der Waals surface area contributed by atoms with Gasteiger partial charge in [-0.2, -0.15) is 4.31 Å². The number of carbonyl (C=O) groups excluding carboxylic acids is 2. The second kappa shape index (κ2) is 10.9. The number of fused-ring (bicyclic) bond motifs is 1. The van der Waals surface area contributed by atoms with E-state index in [0.717, 1.165) is 43.4 Å². The maximum absolute atomic E-state index is 13.4. The summed E-state index contributed by atoms with van der Waals surface area (Å²) in [6.45, 7) is 3.28. The van der Waals surface area contributed by atoms with E-state index in [1.807, 2.05) is 6.92 Å². The first-order valence-electron chi connectivity index (χ1n) is 13.3. The molecule has 2 aromatic rings. The molecule has 3 aliphatic rings. The van der Waals surface area contributed by atoms with Gasteiger partial charge in [-0.05, 0) is 74.4 Å². The Hall–Kier alpha value is -2.75. The van der Waals surface area contributed by atoms with Crippen LogP contribution in [-0.4, -0.2) is 50.2 Å². The standard InChI is InChI=1S/C28H36N4O4S/c1-19-8-11-22(12-9-19)37(35,36)32-16-15-30-28(34)26(32)18-27(33)31-25-7-4-5-20-17-21(10-13-23(20)25)24-6-2-3-14-29-24/h8-13,17,24-26,29H,2-7,14-16,18H2,1H3,(H,30,34)(H,31,33)/t24?,25-,26-/m1/s1. The Morgan fingerprint density at radius 1 is 1.05 bits per heavy atom. The summed E-state index contributed by atoms with van der Waals surface area (Å²) < 4.78 is 27.9. The monoisotopic (exact) mass is 524 g/mol. The predicted octanol–water partition coefficient (Wildman–Crippen LogP) is 2.88. The molecule has 2 aromatic carbocycles. The third-order valence-corrected chi connectivity index (χ3v) is 9.74. The molecular weight excluding hydrogens is 488 g/mol. The predicted molar refractivity (Wildman–Crippen MR) is 141 cm³/mol. The average Bonchev–Trinajstić information content (AvgIpc) is 2.90. The fraction of sp³-hybridized carbons (Fsp3) is 0.500. The van der Waals surface area contributed by atoms with Crippen LogP contribution in [0.2, 0.25) is 0 Å². The summed E-state index contributed by atoms with van der Waals surface area (Å²) in [6, 6.07) is 12.3. The summed E-state index contributed by atoms with van der Waals surface area (Å²) in [5.74, 6) is -0.757. The zero-order chi connectivity index (χ0) is 26.0. The SMILES string of the molecule is Cc1ccc(S(=O)(=O)N2CCNC(=O)[C@H]2CC(=O)N[C@@H]2CCCc3cc(C4CCCCN4)ccc32)cc1. The first-order chi connectivity index (χ1) is 17.8.